The summed E-state index contributed by atoms with van der Waals surface area (Å²) in [5.74, 6) is 0. The van der Waals surface area contributed by atoms with Crippen LogP contribution in [0.4, 0.5) is 30.2 Å². The Morgan fingerprint density at radius 2 is 1.63 bits per heavy atom. The first-order valence-electron chi connectivity index (χ1n) is 5.35. The molecular weight excluding hydrogens is 368 g/mol. The summed E-state index contributed by atoms with van der Waals surface area (Å²) in [6, 6.07) is 10.7. The minimum absolute atomic E-state index is 0.0633. The first-order valence-corrected chi connectivity index (χ1v) is 6.43. The van der Waals surface area contributed by atoms with E-state index < -0.39 is 11.7 Å². The summed E-state index contributed by atoms with van der Waals surface area (Å²) in [6.45, 7) is 0. The van der Waals surface area contributed by atoms with Gasteiger partial charge in [-0.25, -0.2) is 0 Å². The number of hydrogen-bond acceptors (Lipinski definition) is 2. The molecule has 2 rings (SSSR count). The summed E-state index contributed by atoms with van der Waals surface area (Å²) in [4.78, 5) is 0. The number of anilines is 3. The molecule has 0 aliphatic heterocycles. The van der Waals surface area contributed by atoms with Crippen molar-refractivity contribution in [1.29, 1.82) is 0 Å². The van der Waals surface area contributed by atoms with Crippen LogP contribution in [0.5, 0.6) is 0 Å². The molecule has 0 radical (unpaired) electrons. The number of benzene rings is 2. The van der Waals surface area contributed by atoms with Crippen molar-refractivity contribution in [2.75, 3.05) is 11.1 Å². The van der Waals surface area contributed by atoms with Gasteiger partial charge >= 0.3 is 6.18 Å². The average Bonchev–Trinajstić information content (AvgIpc) is 2.33. The van der Waals surface area contributed by atoms with Crippen LogP contribution >= 0.6 is 22.6 Å². The maximum Gasteiger partial charge on any atom is 0.416 e. The second-order valence-corrected chi connectivity index (χ2v) is 5.18. The van der Waals surface area contributed by atoms with Gasteiger partial charge in [-0.3, -0.25) is 0 Å². The van der Waals surface area contributed by atoms with E-state index >= 15 is 0 Å². The molecule has 0 aliphatic rings. The second kappa shape index (κ2) is 5.28. The van der Waals surface area contributed by atoms with E-state index in [4.69, 9.17) is 5.73 Å². The van der Waals surface area contributed by atoms with Crippen LogP contribution in [-0.2, 0) is 6.18 Å². The highest BCUT2D eigenvalue weighted by atomic mass is 127. The molecule has 6 heteroatoms. The Morgan fingerprint density at radius 1 is 1.00 bits per heavy atom. The molecule has 19 heavy (non-hydrogen) atoms. The third kappa shape index (κ3) is 3.52. The van der Waals surface area contributed by atoms with Crippen molar-refractivity contribution in [3.63, 3.8) is 0 Å². The zero-order chi connectivity index (χ0) is 14.0. The van der Waals surface area contributed by atoms with Gasteiger partial charge in [-0.2, -0.15) is 13.2 Å². The fraction of sp³-hybridized carbons (Fsp3) is 0.0769. The Bertz CT molecular complexity index is 579. The molecule has 2 aromatic carbocycles. The molecular formula is C13H10F3IN2. The molecule has 3 N–H and O–H groups in total. The number of nitrogens with one attached hydrogen (secondary N) is 1. The Balaban J connectivity index is 2.24. The molecule has 0 atom stereocenters. The zero-order valence-corrected chi connectivity index (χ0v) is 11.8. The zero-order valence-electron chi connectivity index (χ0n) is 9.63. The predicted octanol–water partition coefficient (Wildman–Crippen LogP) is 4.64. The van der Waals surface area contributed by atoms with Gasteiger partial charge in [0, 0.05) is 9.26 Å². The van der Waals surface area contributed by atoms with Crippen molar-refractivity contribution in [2.24, 2.45) is 0 Å². The van der Waals surface area contributed by atoms with Crippen LogP contribution in [0.15, 0.2) is 42.5 Å². The summed E-state index contributed by atoms with van der Waals surface area (Å²) >= 11 is 2.17. The lowest BCUT2D eigenvalue weighted by atomic mass is 10.1. The summed E-state index contributed by atoms with van der Waals surface area (Å²) in [5, 5.41) is 2.98. The number of alkyl halides is 3. The van der Waals surface area contributed by atoms with Crippen molar-refractivity contribution >= 4 is 39.7 Å². The standard InChI is InChI=1S/C13H10F3IN2/c14-13(15,16)8-1-6-12(11(18)7-8)19-10-4-2-9(17)3-5-10/h1-7,19H,18H2. The van der Waals surface area contributed by atoms with Gasteiger partial charge in [0.15, 0.2) is 0 Å². The third-order valence-electron chi connectivity index (χ3n) is 2.50. The van der Waals surface area contributed by atoms with E-state index in [9.17, 15) is 13.2 Å². The topological polar surface area (TPSA) is 38.0 Å². The maximum atomic E-state index is 12.5. The quantitative estimate of drug-likeness (QED) is 0.591. The van der Waals surface area contributed by atoms with Crippen molar-refractivity contribution < 1.29 is 13.2 Å². The third-order valence-corrected chi connectivity index (χ3v) is 3.22. The van der Waals surface area contributed by atoms with Crippen molar-refractivity contribution in [3.8, 4) is 0 Å². The molecule has 0 amide bonds. The number of nitrogen functional groups attached to an aromatic ring is 1. The lowest BCUT2D eigenvalue weighted by Gasteiger charge is -2.12. The molecule has 2 nitrogen and oxygen atoms in total. The van der Waals surface area contributed by atoms with E-state index in [0.29, 0.717) is 5.69 Å². The van der Waals surface area contributed by atoms with Crippen molar-refractivity contribution in [2.45, 2.75) is 6.18 Å². The monoisotopic (exact) mass is 378 g/mol. The molecule has 0 saturated heterocycles. The summed E-state index contributed by atoms with van der Waals surface area (Å²) in [7, 11) is 0. The molecule has 0 aliphatic carbocycles. The lowest BCUT2D eigenvalue weighted by molar-refractivity contribution is -0.137. The fourth-order valence-electron chi connectivity index (χ4n) is 1.54. The Hall–Kier alpha value is -1.44. The molecule has 0 saturated carbocycles. The lowest BCUT2D eigenvalue weighted by Crippen LogP contribution is -2.06. The van der Waals surface area contributed by atoms with Crippen LogP contribution in [-0.4, -0.2) is 0 Å². The van der Waals surface area contributed by atoms with Gasteiger partial charge in [0.1, 0.15) is 0 Å². The first-order chi connectivity index (χ1) is 8.86. The van der Waals surface area contributed by atoms with E-state index in [2.05, 4.69) is 27.9 Å². The Kier molecular flexibility index (Phi) is 3.88. The maximum absolute atomic E-state index is 12.5. The van der Waals surface area contributed by atoms with Crippen molar-refractivity contribution in [3.05, 3.63) is 51.6 Å². The number of rotatable bonds is 2. The van der Waals surface area contributed by atoms with Crippen LogP contribution in [0.1, 0.15) is 5.56 Å². The Morgan fingerprint density at radius 3 is 2.16 bits per heavy atom. The highest BCUT2D eigenvalue weighted by molar-refractivity contribution is 14.1. The van der Waals surface area contributed by atoms with Gasteiger partial charge in [0.05, 0.1) is 16.9 Å². The number of nitrogens with two attached hydrogens (primary N) is 1. The van der Waals surface area contributed by atoms with Crippen molar-refractivity contribution in [1.82, 2.24) is 0 Å². The van der Waals surface area contributed by atoms with Crippen LogP contribution in [0.3, 0.4) is 0 Å². The van der Waals surface area contributed by atoms with E-state index in [1.807, 2.05) is 24.3 Å². The van der Waals surface area contributed by atoms with Gasteiger partial charge in [-0.05, 0) is 65.1 Å². The van der Waals surface area contributed by atoms with E-state index in [1.54, 1.807) is 0 Å². The molecule has 2 aromatic rings. The molecule has 0 fully saturated rings. The molecule has 0 bridgehead atoms. The van der Waals surface area contributed by atoms with Gasteiger partial charge in [0.2, 0.25) is 0 Å². The smallest absolute Gasteiger partial charge is 0.397 e. The van der Waals surface area contributed by atoms with Crippen LogP contribution in [0.2, 0.25) is 0 Å². The van der Waals surface area contributed by atoms with Gasteiger partial charge in [0.25, 0.3) is 0 Å². The summed E-state index contributed by atoms with van der Waals surface area (Å²) in [6.07, 6.45) is -4.38. The summed E-state index contributed by atoms with van der Waals surface area (Å²) in [5.41, 5.74) is 6.17. The van der Waals surface area contributed by atoms with Gasteiger partial charge in [-0.1, -0.05) is 0 Å². The second-order valence-electron chi connectivity index (χ2n) is 3.93. The molecule has 0 spiro atoms. The van der Waals surface area contributed by atoms with Gasteiger partial charge < -0.3 is 11.1 Å². The molecule has 0 heterocycles. The minimum atomic E-state index is -4.38. The van der Waals surface area contributed by atoms with E-state index in [-0.39, 0.29) is 5.69 Å². The molecule has 0 aromatic heterocycles. The van der Waals surface area contributed by atoms with Gasteiger partial charge in [-0.15, -0.1) is 0 Å². The highest BCUT2D eigenvalue weighted by Crippen LogP contribution is 2.33. The predicted molar refractivity (Wildman–Crippen MR) is 78.3 cm³/mol. The Labute approximate surface area is 122 Å². The number of halogens is 4. The molecule has 100 valence electrons. The largest absolute Gasteiger partial charge is 0.416 e. The van der Waals surface area contributed by atoms with Crippen LogP contribution < -0.4 is 11.1 Å². The highest BCUT2D eigenvalue weighted by Gasteiger charge is 2.30. The van der Waals surface area contributed by atoms with E-state index in [1.165, 1.54) is 6.07 Å². The van der Waals surface area contributed by atoms with Crippen LogP contribution in [0, 0.1) is 3.57 Å². The minimum Gasteiger partial charge on any atom is -0.397 e. The fourth-order valence-corrected chi connectivity index (χ4v) is 1.90. The first kappa shape index (κ1) is 14.0. The number of hydrogen-bond donors (Lipinski definition) is 2. The van der Waals surface area contributed by atoms with E-state index in [0.717, 1.165) is 21.4 Å². The SMILES string of the molecule is Nc1cc(C(F)(F)F)ccc1Nc1ccc(I)cc1. The molecule has 0 unspecified atom stereocenters. The summed E-state index contributed by atoms with van der Waals surface area (Å²) < 4.78 is 38.6. The normalized spacial score (nSPS) is 11.4. The van der Waals surface area contributed by atoms with Crippen LogP contribution in [0.25, 0.3) is 0 Å². The average molecular weight is 378 g/mol.